The van der Waals surface area contributed by atoms with E-state index in [1.165, 1.54) is 5.56 Å². The van der Waals surface area contributed by atoms with Crippen molar-refractivity contribution >= 4 is 11.6 Å². The first-order chi connectivity index (χ1) is 9.06. The van der Waals surface area contributed by atoms with Crippen LogP contribution in [0.25, 0.3) is 0 Å². The van der Waals surface area contributed by atoms with Gasteiger partial charge in [-0.3, -0.25) is 4.79 Å². The number of nitrogens with one attached hydrogen (secondary N) is 1. The van der Waals surface area contributed by atoms with Gasteiger partial charge in [-0.05, 0) is 31.0 Å². The molecule has 1 aliphatic rings. The monoisotopic (exact) mass is 262 g/mol. The zero-order chi connectivity index (χ0) is 13.9. The van der Waals surface area contributed by atoms with E-state index in [4.69, 9.17) is 10.5 Å². The minimum absolute atomic E-state index is 0.0688. The van der Waals surface area contributed by atoms with E-state index in [2.05, 4.69) is 12.2 Å². The van der Waals surface area contributed by atoms with E-state index in [1.54, 1.807) is 0 Å². The van der Waals surface area contributed by atoms with Crippen molar-refractivity contribution in [2.75, 3.05) is 18.5 Å². The van der Waals surface area contributed by atoms with Crippen molar-refractivity contribution in [1.29, 1.82) is 0 Å². The molecule has 0 radical (unpaired) electrons. The molecule has 0 bridgehead atoms. The molecule has 19 heavy (non-hydrogen) atoms. The summed E-state index contributed by atoms with van der Waals surface area (Å²) in [6.07, 6.45) is 2.18. The minimum atomic E-state index is -0.637. The number of aryl methyl sites for hydroxylation is 1. The molecule has 1 fully saturated rings. The number of benzene rings is 1. The van der Waals surface area contributed by atoms with Gasteiger partial charge in [0.2, 0.25) is 5.91 Å². The average Bonchev–Trinajstić information content (AvgIpc) is 2.74. The quantitative estimate of drug-likeness (QED) is 0.871. The van der Waals surface area contributed by atoms with Crippen LogP contribution in [-0.2, 0) is 16.0 Å². The van der Waals surface area contributed by atoms with Crippen LogP contribution in [-0.4, -0.2) is 25.2 Å². The summed E-state index contributed by atoms with van der Waals surface area (Å²) < 4.78 is 5.30. The summed E-state index contributed by atoms with van der Waals surface area (Å²) in [6.45, 7) is 4.83. The molecule has 0 aliphatic carbocycles. The molecule has 1 aliphatic heterocycles. The lowest BCUT2D eigenvalue weighted by molar-refractivity contribution is -0.125. The van der Waals surface area contributed by atoms with Gasteiger partial charge in [0.25, 0.3) is 0 Å². The standard InChI is InChI=1S/C15H22N2O2/c1-3-4-11-5-7-12(8-6-11)17-14(18)15(2)10-19-9-13(15)16/h5-8,13H,3-4,9-10,16H2,1-2H3,(H,17,18). The fraction of sp³-hybridized carbons (Fsp3) is 0.533. The third kappa shape index (κ3) is 2.96. The molecule has 104 valence electrons. The maximum absolute atomic E-state index is 12.3. The van der Waals surface area contributed by atoms with E-state index < -0.39 is 5.41 Å². The fourth-order valence-corrected chi connectivity index (χ4v) is 2.24. The van der Waals surface area contributed by atoms with Crippen molar-refractivity contribution in [3.05, 3.63) is 29.8 Å². The van der Waals surface area contributed by atoms with Crippen LogP contribution < -0.4 is 11.1 Å². The average molecular weight is 262 g/mol. The van der Waals surface area contributed by atoms with Gasteiger partial charge in [-0.25, -0.2) is 0 Å². The number of nitrogens with two attached hydrogens (primary N) is 1. The van der Waals surface area contributed by atoms with Gasteiger partial charge in [-0.1, -0.05) is 25.5 Å². The molecule has 1 aromatic carbocycles. The number of hydrogen-bond acceptors (Lipinski definition) is 3. The lowest BCUT2D eigenvalue weighted by Crippen LogP contribution is -2.47. The van der Waals surface area contributed by atoms with Gasteiger partial charge in [-0.2, -0.15) is 0 Å². The minimum Gasteiger partial charge on any atom is -0.379 e. The third-order valence-electron chi connectivity index (χ3n) is 3.79. The van der Waals surface area contributed by atoms with E-state index >= 15 is 0 Å². The number of ether oxygens (including phenoxy) is 1. The Morgan fingerprint density at radius 3 is 2.68 bits per heavy atom. The van der Waals surface area contributed by atoms with Crippen LogP contribution in [0.4, 0.5) is 5.69 Å². The topological polar surface area (TPSA) is 64.3 Å². The van der Waals surface area contributed by atoms with E-state index in [0.717, 1.165) is 18.5 Å². The summed E-state index contributed by atoms with van der Waals surface area (Å²) in [5.41, 5.74) is 7.40. The van der Waals surface area contributed by atoms with Crippen LogP contribution in [0.3, 0.4) is 0 Å². The van der Waals surface area contributed by atoms with E-state index in [0.29, 0.717) is 13.2 Å². The molecule has 4 nitrogen and oxygen atoms in total. The van der Waals surface area contributed by atoms with E-state index in [-0.39, 0.29) is 11.9 Å². The van der Waals surface area contributed by atoms with Gasteiger partial charge in [-0.15, -0.1) is 0 Å². The molecular formula is C15H22N2O2. The molecule has 1 heterocycles. The third-order valence-corrected chi connectivity index (χ3v) is 3.79. The smallest absolute Gasteiger partial charge is 0.234 e. The molecular weight excluding hydrogens is 240 g/mol. The Balaban J connectivity index is 2.02. The number of carbonyl (C=O) groups excluding carboxylic acids is 1. The van der Waals surface area contributed by atoms with Crippen LogP contribution in [0, 0.1) is 5.41 Å². The highest BCUT2D eigenvalue weighted by molar-refractivity contribution is 5.96. The Morgan fingerprint density at radius 1 is 1.47 bits per heavy atom. The highest BCUT2D eigenvalue weighted by atomic mass is 16.5. The molecule has 2 unspecified atom stereocenters. The van der Waals surface area contributed by atoms with Gasteiger partial charge in [0.1, 0.15) is 0 Å². The predicted molar refractivity (Wildman–Crippen MR) is 76.0 cm³/mol. The summed E-state index contributed by atoms with van der Waals surface area (Å²) in [5.74, 6) is -0.0688. The summed E-state index contributed by atoms with van der Waals surface area (Å²) in [4.78, 5) is 12.3. The second kappa shape index (κ2) is 5.72. The zero-order valence-corrected chi connectivity index (χ0v) is 11.6. The molecule has 3 N–H and O–H groups in total. The molecule has 2 rings (SSSR count). The van der Waals surface area contributed by atoms with E-state index in [1.807, 2.05) is 31.2 Å². The summed E-state index contributed by atoms with van der Waals surface area (Å²) in [7, 11) is 0. The van der Waals surface area contributed by atoms with Gasteiger partial charge < -0.3 is 15.8 Å². The summed E-state index contributed by atoms with van der Waals surface area (Å²) in [6, 6.07) is 7.73. The number of hydrogen-bond donors (Lipinski definition) is 2. The van der Waals surface area contributed by atoms with Crippen molar-refractivity contribution in [3.8, 4) is 0 Å². The molecule has 4 heteroatoms. The fourth-order valence-electron chi connectivity index (χ4n) is 2.24. The number of carbonyl (C=O) groups is 1. The number of anilines is 1. The van der Waals surface area contributed by atoms with Crippen LogP contribution in [0.15, 0.2) is 24.3 Å². The molecule has 1 saturated heterocycles. The predicted octanol–water partition coefficient (Wildman–Crippen LogP) is 1.94. The molecule has 0 spiro atoms. The Kier molecular flexibility index (Phi) is 4.22. The van der Waals surface area contributed by atoms with Crippen molar-refractivity contribution in [3.63, 3.8) is 0 Å². The van der Waals surface area contributed by atoms with Crippen molar-refractivity contribution in [1.82, 2.24) is 0 Å². The van der Waals surface area contributed by atoms with Crippen LogP contribution >= 0.6 is 0 Å². The van der Waals surface area contributed by atoms with Gasteiger partial charge in [0, 0.05) is 11.7 Å². The molecule has 1 amide bonds. The van der Waals surface area contributed by atoms with E-state index in [9.17, 15) is 4.79 Å². The SMILES string of the molecule is CCCc1ccc(NC(=O)C2(C)COCC2N)cc1. The lowest BCUT2D eigenvalue weighted by atomic mass is 9.85. The second-order valence-corrected chi connectivity index (χ2v) is 5.44. The number of amides is 1. The van der Waals surface area contributed by atoms with Crippen molar-refractivity contribution in [2.45, 2.75) is 32.7 Å². The van der Waals surface area contributed by atoms with Crippen LogP contribution in [0.2, 0.25) is 0 Å². The highest BCUT2D eigenvalue weighted by Crippen LogP contribution is 2.28. The number of rotatable bonds is 4. The first-order valence-corrected chi connectivity index (χ1v) is 6.80. The van der Waals surface area contributed by atoms with Gasteiger partial charge in [0.05, 0.1) is 18.6 Å². The first-order valence-electron chi connectivity index (χ1n) is 6.80. The molecule has 2 atom stereocenters. The maximum Gasteiger partial charge on any atom is 0.234 e. The highest BCUT2D eigenvalue weighted by Gasteiger charge is 2.44. The Morgan fingerprint density at radius 2 is 2.16 bits per heavy atom. The summed E-state index contributed by atoms with van der Waals surface area (Å²) in [5, 5.41) is 2.93. The zero-order valence-electron chi connectivity index (χ0n) is 11.6. The normalized spacial score (nSPS) is 26.4. The largest absolute Gasteiger partial charge is 0.379 e. The Labute approximate surface area is 114 Å². The second-order valence-electron chi connectivity index (χ2n) is 5.44. The van der Waals surface area contributed by atoms with Gasteiger partial charge in [0.15, 0.2) is 0 Å². The van der Waals surface area contributed by atoms with Crippen molar-refractivity contribution in [2.24, 2.45) is 11.1 Å². The Hall–Kier alpha value is -1.39. The Bertz CT molecular complexity index is 444. The van der Waals surface area contributed by atoms with Gasteiger partial charge >= 0.3 is 0 Å². The summed E-state index contributed by atoms with van der Waals surface area (Å²) >= 11 is 0. The van der Waals surface area contributed by atoms with Crippen molar-refractivity contribution < 1.29 is 9.53 Å². The molecule has 0 aromatic heterocycles. The maximum atomic E-state index is 12.3. The van der Waals surface area contributed by atoms with Crippen LogP contribution in [0.5, 0.6) is 0 Å². The van der Waals surface area contributed by atoms with Crippen LogP contribution in [0.1, 0.15) is 25.8 Å². The first kappa shape index (κ1) is 14.0. The molecule has 1 aromatic rings. The lowest BCUT2D eigenvalue weighted by Gasteiger charge is -2.25. The molecule has 0 saturated carbocycles.